The summed E-state index contributed by atoms with van der Waals surface area (Å²) in [4.78, 5) is 28.3. The van der Waals surface area contributed by atoms with Gasteiger partial charge in [0.05, 0.1) is 17.2 Å². The van der Waals surface area contributed by atoms with E-state index >= 15 is 0 Å². The van der Waals surface area contributed by atoms with E-state index in [0.29, 0.717) is 34.4 Å². The molecular formula is C26H31Cl2N3O2. The first kappa shape index (κ1) is 24.1. The van der Waals surface area contributed by atoms with Crippen molar-refractivity contribution in [2.75, 3.05) is 18.4 Å². The van der Waals surface area contributed by atoms with Gasteiger partial charge in [-0.15, -0.1) is 0 Å². The molecule has 0 aromatic heterocycles. The maximum atomic E-state index is 13.1. The summed E-state index contributed by atoms with van der Waals surface area (Å²) < 4.78 is 0. The number of nitrogens with one attached hydrogen (secondary N) is 2. The Bertz CT molecular complexity index is 991. The topological polar surface area (TPSA) is 61.4 Å². The molecule has 0 bridgehead atoms. The normalized spacial score (nSPS) is 19.8. The predicted molar refractivity (Wildman–Crippen MR) is 134 cm³/mol. The lowest BCUT2D eigenvalue weighted by molar-refractivity contribution is -0.121. The molecule has 176 valence electrons. The molecule has 1 saturated carbocycles. The van der Waals surface area contributed by atoms with Crippen molar-refractivity contribution in [1.82, 2.24) is 10.2 Å². The lowest BCUT2D eigenvalue weighted by Crippen LogP contribution is -2.40. The summed E-state index contributed by atoms with van der Waals surface area (Å²) in [5.41, 5.74) is 2.11. The van der Waals surface area contributed by atoms with Crippen molar-refractivity contribution in [3.05, 3.63) is 63.6 Å². The number of nitrogens with zero attached hydrogens (tertiary/aromatic N) is 1. The molecule has 0 spiro atoms. The predicted octanol–water partition coefficient (Wildman–Crippen LogP) is 5.91. The van der Waals surface area contributed by atoms with E-state index in [9.17, 15) is 9.59 Å². The van der Waals surface area contributed by atoms with E-state index in [2.05, 4.69) is 15.5 Å². The van der Waals surface area contributed by atoms with Gasteiger partial charge in [0.1, 0.15) is 0 Å². The van der Waals surface area contributed by atoms with Crippen LogP contribution in [0.4, 0.5) is 5.69 Å². The number of hydrogen-bond acceptors (Lipinski definition) is 3. The fraction of sp³-hybridized carbons (Fsp3) is 0.462. The fourth-order valence-corrected chi connectivity index (χ4v) is 5.31. The molecule has 1 aliphatic heterocycles. The number of halogens is 2. The smallest absolute Gasteiger partial charge is 0.253 e. The van der Waals surface area contributed by atoms with Crippen molar-refractivity contribution in [3.8, 4) is 0 Å². The first-order valence-electron chi connectivity index (χ1n) is 11.9. The maximum Gasteiger partial charge on any atom is 0.253 e. The third-order valence-electron chi connectivity index (χ3n) is 6.66. The van der Waals surface area contributed by atoms with Gasteiger partial charge in [-0.25, -0.2) is 0 Å². The molecule has 2 aromatic carbocycles. The van der Waals surface area contributed by atoms with Crippen LogP contribution in [-0.4, -0.2) is 35.8 Å². The van der Waals surface area contributed by atoms with Crippen LogP contribution < -0.4 is 10.6 Å². The third-order valence-corrected chi connectivity index (χ3v) is 7.24. The number of rotatable bonds is 6. The number of amides is 2. The first-order valence-corrected chi connectivity index (χ1v) is 12.6. The number of benzene rings is 2. The molecule has 1 atom stereocenters. The third kappa shape index (κ3) is 6.50. The highest BCUT2D eigenvalue weighted by molar-refractivity contribution is 6.35. The second-order valence-electron chi connectivity index (χ2n) is 9.15. The average molecular weight is 488 g/mol. The zero-order valence-corrected chi connectivity index (χ0v) is 20.3. The number of para-hydroxylation sites is 1. The largest absolute Gasteiger partial charge is 0.349 e. The molecule has 4 rings (SSSR count). The fourth-order valence-electron chi connectivity index (χ4n) is 4.84. The van der Waals surface area contributed by atoms with E-state index in [1.807, 2.05) is 30.3 Å². The molecule has 0 radical (unpaired) electrons. The maximum absolute atomic E-state index is 13.1. The zero-order valence-electron chi connectivity index (χ0n) is 18.8. The molecule has 1 aliphatic carbocycles. The Morgan fingerprint density at radius 3 is 2.55 bits per heavy atom. The SMILES string of the molecule is O=C(NC1CCCCC1)c1ccccc1NC(=O)C1CCCN(Cc2ccc(Cl)cc2Cl)C1. The number of carbonyl (C=O) groups is 2. The summed E-state index contributed by atoms with van der Waals surface area (Å²) in [5.74, 6) is -0.292. The van der Waals surface area contributed by atoms with Crippen LogP contribution in [0.3, 0.4) is 0 Å². The van der Waals surface area contributed by atoms with Gasteiger partial charge in [-0.05, 0) is 62.1 Å². The minimum atomic E-state index is -0.140. The highest BCUT2D eigenvalue weighted by Crippen LogP contribution is 2.26. The van der Waals surface area contributed by atoms with Gasteiger partial charge in [0, 0.05) is 29.2 Å². The Kier molecular flexibility index (Phi) is 8.29. The van der Waals surface area contributed by atoms with Gasteiger partial charge in [0.2, 0.25) is 5.91 Å². The van der Waals surface area contributed by atoms with Crippen LogP contribution in [0.1, 0.15) is 60.9 Å². The summed E-state index contributed by atoms with van der Waals surface area (Å²) in [7, 11) is 0. The molecule has 7 heteroatoms. The quantitative estimate of drug-likeness (QED) is 0.532. The van der Waals surface area contributed by atoms with Crippen LogP contribution in [0.2, 0.25) is 10.0 Å². The summed E-state index contributed by atoms with van der Waals surface area (Å²) in [6, 6.07) is 13.0. The Hall–Kier alpha value is -2.08. The van der Waals surface area contributed by atoms with Gasteiger partial charge in [-0.2, -0.15) is 0 Å². The molecule has 5 nitrogen and oxygen atoms in total. The Balaban J connectivity index is 1.38. The molecule has 2 aromatic rings. The summed E-state index contributed by atoms with van der Waals surface area (Å²) in [6.07, 6.45) is 7.36. The second kappa shape index (κ2) is 11.4. The number of piperidine rings is 1. The number of carbonyl (C=O) groups excluding carboxylic acids is 2. The molecule has 33 heavy (non-hydrogen) atoms. The molecule has 2 N–H and O–H groups in total. The average Bonchev–Trinajstić information content (AvgIpc) is 2.82. The van der Waals surface area contributed by atoms with Crippen LogP contribution in [0.15, 0.2) is 42.5 Å². The lowest BCUT2D eigenvalue weighted by atomic mass is 9.95. The van der Waals surface area contributed by atoms with Crippen LogP contribution in [0.25, 0.3) is 0 Å². The van der Waals surface area contributed by atoms with Crippen LogP contribution in [0.5, 0.6) is 0 Å². The molecule has 2 fully saturated rings. The first-order chi connectivity index (χ1) is 16.0. The van der Waals surface area contributed by atoms with E-state index in [-0.39, 0.29) is 23.8 Å². The van der Waals surface area contributed by atoms with Gasteiger partial charge in [-0.3, -0.25) is 14.5 Å². The zero-order chi connectivity index (χ0) is 23.2. The molecule has 2 aliphatic rings. The van der Waals surface area contributed by atoms with Crippen molar-refractivity contribution in [3.63, 3.8) is 0 Å². The molecule has 1 heterocycles. The Morgan fingerprint density at radius 2 is 1.76 bits per heavy atom. The van der Waals surface area contributed by atoms with Crippen molar-refractivity contribution >= 4 is 40.7 Å². The van der Waals surface area contributed by atoms with Gasteiger partial charge < -0.3 is 10.6 Å². The Morgan fingerprint density at radius 1 is 0.970 bits per heavy atom. The minimum Gasteiger partial charge on any atom is -0.349 e. The Labute approximate surface area is 205 Å². The van der Waals surface area contributed by atoms with Gasteiger partial charge in [-0.1, -0.05) is 60.7 Å². The minimum absolute atomic E-state index is 0.0418. The summed E-state index contributed by atoms with van der Waals surface area (Å²) >= 11 is 12.4. The van der Waals surface area contributed by atoms with E-state index in [1.54, 1.807) is 12.1 Å². The van der Waals surface area contributed by atoms with Crippen LogP contribution in [-0.2, 0) is 11.3 Å². The van der Waals surface area contributed by atoms with E-state index in [0.717, 1.165) is 50.6 Å². The van der Waals surface area contributed by atoms with E-state index in [1.165, 1.54) is 6.42 Å². The van der Waals surface area contributed by atoms with Gasteiger partial charge in [0.25, 0.3) is 5.91 Å². The number of likely N-dealkylation sites (tertiary alicyclic amines) is 1. The molecule has 1 unspecified atom stereocenters. The van der Waals surface area contributed by atoms with Crippen molar-refractivity contribution < 1.29 is 9.59 Å². The van der Waals surface area contributed by atoms with E-state index < -0.39 is 0 Å². The summed E-state index contributed by atoms with van der Waals surface area (Å²) in [6.45, 7) is 2.25. The molecular weight excluding hydrogens is 457 g/mol. The van der Waals surface area contributed by atoms with Crippen molar-refractivity contribution in [2.45, 2.75) is 57.5 Å². The van der Waals surface area contributed by atoms with Crippen molar-refractivity contribution in [2.24, 2.45) is 5.92 Å². The standard InChI is InChI=1S/C26H31Cl2N3O2/c27-20-13-12-18(23(28)15-20)16-31-14-6-7-19(17-31)25(32)30-24-11-5-4-10-22(24)26(33)29-21-8-2-1-3-9-21/h4-5,10-13,15,19,21H,1-3,6-9,14,16-17H2,(H,29,33)(H,30,32). The lowest BCUT2D eigenvalue weighted by Gasteiger charge is -2.32. The highest BCUT2D eigenvalue weighted by Gasteiger charge is 2.27. The number of anilines is 1. The van der Waals surface area contributed by atoms with Crippen LogP contribution in [0, 0.1) is 5.92 Å². The molecule has 2 amide bonds. The van der Waals surface area contributed by atoms with Crippen LogP contribution >= 0.6 is 23.2 Å². The molecule has 1 saturated heterocycles. The number of hydrogen-bond donors (Lipinski definition) is 2. The highest BCUT2D eigenvalue weighted by atomic mass is 35.5. The summed E-state index contributed by atoms with van der Waals surface area (Å²) in [5, 5.41) is 7.45. The van der Waals surface area contributed by atoms with Crippen molar-refractivity contribution in [1.29, 1.82) is 0 Å². The van der Waals surface area contributed by atoms with Gasteiger partial charge in [0.15, 0.2) is 0 Å². The monoisotopic (exact) mass is 487 g/mol. The van der Waals surface area contributed by atoms with E-state index in [4.69, 9.17) is 23.2 Å². The van der Waals surface area contributed by atoms with Gasteiger partial charge >= 0.3 is 0 Å². The second-order valence-corrected chi connectivity index (χ2v) is 10.00.